The van der Waals surface area contributed by atoms with Crippen LogP contribution in [0.2, 0.25) is 0 Å². The Bertz CT molecular complexity index is 1920. The number of hydrogen-bond donors (Lipinski definition) is 3. The summed E-state index contributed by atoms with van der Waals surface area (Å²) >= 11 is 0. The highest BCUT2D eigenvalue weighted by Gasteiger charge is 2.30. The number of aliphatic hydroxyl groups is 1. The zero-order valence-corrected chi connectivity index (χ0v) is 66.2. The molecule has 0 aliphatic heterocycles. The van der Waals surface area contributed by atoms with Gasteiger partial charge in [0, 0.05) is 25.7 Å². The van der Waals surface area contributed by atoms with Crippen LogP contribution in [0.5, 0.6) is 0 Å². The average molecular weight is 1440 g/mol. The van der Waals surface area contributed by atoms with Crippen molar-refractivity contribution in [2.75, 3.05) is 39.6 Å². The van der Waals surface area contributed by atoms with Crippen LogP contribution in [0.1, 0.15) is 402 Å². The van der Waals surface area contributed by atoms with E-state index in [1.54, 1.807) is 0 Å². The maximum atomic E-state index is 13.1. The van der Waals surface area contributed by atoms with Gasteiger partial charge in [0.25, 0.3) is 0 Å². The van der Waals surface area contributed by atoms with Gasteiger partial charge in [-0.1, -0.05) is 351 Å². The molecule has 0 aliphatic carbocycles. The lowest BCUT2D eigenvalue weighted by molar-refractivity contribution is -0.161. The van der Waals surface area contributed by atoms with Crippen LogP contribution in [0.15, 0.2) is 0 Å². The van der Waals surface area contributed by atoms with Crippen LogP contribution in [-0.4, -0.2) is 96.7 Å². The van der Waals surface area contributed by atoms with Crippen molar-refractivity contribution >= 4 is 39.5 Å². The zero-order valence-electron chi connectivity index (χ0n) is 64.4. The van der Waals surface area contributed by atoms with Crippen molar-refractivity contribution in [1.82, 2.24) is 0 Å². The first-order chi connectivity index (χ1) is 47.1. The van der Waals surface area contributed by atoms with Gasteiger partial charge < -0.3 is 33.8 Å². The van der Waals surface area contributed by atoms with Crippen LogP contribution >= 0.6 is 15.6 Å². The molecule has 0 saturated heterocycles. The number of carbonyl (C=O) groups is 4. The third-order valence-corrected chi connectivity index (χ3v) is 20.6. The summed E-state index contributed by atoms with van der Waals surface area (Å²) in [6.45, 7) is 14.2. The number of rotatable bonds is 76. The molecule has 0 spiro atoms. The van der Waals surface area contributed by atoms with E-state index in [-0.39, 0.29) is 25.7 Å². The van der Waals surface area contributed by atoms with Gasteiger partial charge >= 0.3 is 39.5 Å². The molecule has 3 unspecified atom stereocenters. The first-order valence-corrected chi connectivity index (χ1v) is 43.7. The Morgan fingerprint density at radius 2 is 0.490 bits per heavy atom. The number of aliphatic hydroxyl groups excluding tert-OH is 1. The van der Waals surface area contributed by atoms with E-state index >= 15 is 0 Å². The van der Waals surface area contributed by atoms with E-state index in [9.17, 15) is 43.2 Å². The summed E-state index contributed by atoms with van der Waals surface area (Å²) in [5.74, 6) is 0.950. The Hall–Kier alpha value is -1.94. The molecule has 0 aromatic carbocycles. The van der Waals surface area contributed by atoms with Gasteiger partial charge in [-0.05, 0) is 49.4 Å². The molecule has 582 valence electrons. The summed E-state index contributed by atoms with van der Waals surface area (Å²) in [4.78, 5) is 72.9. The topological polar surface area (TPSA) is 237 Å². The molecule has 0 aliphatic rings. The van der Waals surface area contributed by atoms with Gasteiger partial charge in [0.1, 0.15) is 19.3 Å². The Morgan fingerprint density at radius 3 is 0.724 bits per heavy atom. The summed E-state index contributed by atoms with van der Waals surface area (Å²) in [7, 11) is -9.92. The van der Waals surface area contributed by atoms with Gasteiger partial charge in [0.15, 0.2) is 12.2 Å². The van der Waals surface area contributed by atoms with E-state index in [1.165, 1.54) is 199 Å². The van der Waals surface area contributed by atoms with Crippen molar-refractivity contribution in [2.45, 2.75) is 420 Å². The second kappa shape index (κ2) is 68.2. The van der Waals surface area contributed by atoms with Crippen molar-refractivity contribution in [3.8, 4) is 0 Å². The molecular formula is C79H154O17P2. The standard InChI is InChI=1S/C79H154O17P2/c1-9-72(8)58-50-42-37-38-44-52-60-77(82)90-66-75(96-79(84)62-54-46-36-28-24-20-16-12-14-18-22-26-32-40-48-56-70(4)5)68-94-98(87,88)92-64-73(80)63-91-97(85,86)93-67-74(65-89-76(81)59-51-43-34-30-29-33-41-49-57-71(6)7)95-78(83)61-53-45-35-27-23-19-15-11-10-13-17-21-25-31-39-47-55-69(2)3/h69-75,80H,9-68H2,1-8H3,(H,85,86)(H,87,88)/t72?,73-,74-,75-/m1/s1. The number of hydrogen-bond acceptors (Lipinski definition) is 15. The number of unbranched alkanes of at least 4 members (excludes halogenated alkanes) is 41. The van der Waals surface area contributed by atoms with E-state index in [2.05, 4.69) is 55.4 Å². The fourth-order valence-corrected chi connectivity index (χ4v) is 13.6. The predicted molar refractivity (Wildman–Crippen MR) is 400 cm³/mol. The Labute approximate surface area is 600 Å². The lowest BCUT2D eigenvalue weighted by Crippen LogP contribution is -2.30. The number of phosphoric ester groups is 2. The summed E-state index contributed by atoms with van der Waals surface area (Å²) in [6, 6.07) is 0. The summed E-state index contributed by atoms with van der Waals surface area (Å²) in [6.07, 6.45) is 54.2. The summed E-state index contributed by atoms with van der Waals surface area (Å²) in [5.41, 5.74) is 0. The van der Waals surface area contributed by atoms with Crippen LogP contribution in [-0.2, 0) is 65.4 Å². The molecule has 0 fully saturated rings. The number of ether oxygens (including phenoxy) is 4. The van der Waals surface area contributed by atoms with Gasteiger partial charge in [-0.25, -0.2) is 9.13 Å². The van der Waals surface area contributed by atoms with Crippen LogP contribution in [0.3, 0.4) is 0 Å². The summed E-state index contributed by atoms with van der Waals surface area (Å²) in [5, 5.41) is 10.6. The molecule has 98 heavy (non-hydrogen) atoms. The van der Waals surface area contributed by atoms with Crippen LogP contribution in [0.25, 0.3) is 0 Å². The average Bonchev–Trinajstić information content (AvgIpc) is 0.927. The van der Waals surface area contributed by atoms with Crippen molar-refractivity contribution in [3.05, 3.63) is 0 Å². The number of esters is 4. The minimum absolute atomic E-state index is 0.106. The van der Waals surface area contributed by atoms with Crippen molar-refractivity contribution in [1.29, 1.82) is 0 Å². The third kappa shape index (κ3) is 71.1. The van der Waals surface area contributed by atoms with Crippen LogP contribution in [0.4, 0.5) is 0 Å². The molecule has 0 heterocycles. The van der Waals surface area contributed by atoms with E-state index in [4.69, 9.17) is 37.0 Å². The number of carbonyl (C=O) groups excluding carboxylic acids is 4. The first kappa shape index (κ1) is 96.1. The molecule has 0 aromatic heterocycles. The highest BCUT2D eigenvalue weighted by atomic mass is 31.2. The molecule has 0 radical (unpaired) electrons. The Morgan fingerprint density at radius 1 is 0.286 bits per heavy atom. The highest BCUT2D eigenvalue weighted by molar-refractivity contribution is 7.47. The molecule has 0 amide bonds. The quantitative estimate of drug-likeness (QED) is 0.0222. The Balaban J connectivity index is 5.21. The smallest absolute Gasteiger partial charge is 0.462 e. The second-order valence-corrected chi connectivity index (χ2v) is 33.0. The van der Waals surface area contributed by atoms with Crippen molar-refractivity contribution in [3.63, 3.8) is 0 Å². The van der Waals surface area contributed by atoms with Crippen molar-refractivity contribution in [2.24, 2.45) is 23.7 Å². The van der Waals surface area contributed by atoms with Crippen LogP contribution < -0.4 is 0 Å². The van der Waals surface area contributed by atoms with Gasteiger partial charge in [0.2, 0.25) is 0 Å². The molecule has 6 atom stereocenters. The van der Waals surface area contributed by atoms with E-state index < -0.39 is 97.5 Å². The van der Waals surface area contributed by atoms with Gasteiger partial charge in [-0.15, -0.1) is 0 Å². The zero-order chi connectivity index (χ0) is 72.4. The monoisotopic (exact) mass is 1440 g/mol. The Kier molecular flexibility index (Phi) is 66.8. The maximum Gasteiger partial charge on any atom is 0.472 e. The molecular weight excluding hydrogens is 1280 g/mol. The second-order valence-electron chi connectivity index (χ2n) is 30.1. The largest absolute Gasteiger partial charge is 0.472 e. The van der Waals surface area contributed by atoms with E-state index in [0.29, 0.717) is 25.7 Å². The minimum atomic E-state index is -4.96. The van der Waals surface area contributed by atoms with Gasteiger partial charge in [-0.2, -0.15) is 0 Å². The molecule has 0 saturated carbocycles. The lowest BCUT2D eigenvalue weighted by atomic mass is 10.00. The molecule has 0 rings (SSSR count). The molecule has 0 aromatic rings. The fraction of sp³-hybridized carbons (Fsp3) is 0.949. The van der Waals surface area contributed by atoms with Crippen molar-refractivity contribution < 1.29 is 80.2 Å². The predicted octanol–water partition coefficient (Wildman–Crippen LogP) is 23.2. The summed E-state index contributed by atoms with van der Waals surface area (Å²) < 4.78 is 68.6. The molecule has 17 nitrogen and oxygen atoms in total. The van der Waals surface area contributed by atoms with Gasteiger partial charge in [-0.3, -0.25) is 37.3 Å². The molecule has 19 heteroatoms. The highest BCUT2D eigenvalue weighted by Crippen LogP contribution is 2.45. The number of phosphoric acid groups is 2. The third-order valence-electron chi connectivity index (χ3n) is 18.7. The van der Waals surface area contributed by atoms with E-state index in [1.807, 2.05) is 0 Å². The van der Waals surface area contributed by atoms with Gasteiger partial charge in [0.05, 0.1) is 26.4 Å². The molecule has 3 N–H and O–H groups in total. The van der Waals surface area contributed by atoms with Crippen LogP contribution in [0, 0.1) is 23.7 Å². The SMILES string of the molecule is CCC(C)CCCCCCCCC(=O)OC[C@H](COP(=O)(O)OC[C@H](O)COP(=O)(O)OC[C@@H](COC(=O)CCCCCCCCCCC(C)C)OC(=O)CCCCCCCCCCCCCCCCCCC(C)C)OC(=O)CCCCCCCCCCCCCCCCCC(C)C. The van der Waals surface area contributed by atoms with E-state index in [0.717, 1.165) is 120 Å². The maximum absolute atomic E-state index is 13.1. The minimum Gasteiger partial charge on any atom is -0.462 e. The normalized spacial score (nSPS) is 14.3. The fourth-order valence-electron chi connectivity index (χ4n) is 12.0. The first-order valence-electron chi connectivity index (χ1n) is 40.7. The molecule has 0 bridgehead atoms. The lowest BCUT2D eigenvalue weighted by Gasteiger charge is -2.21.